The van der Waals surface area contributed by atoms with E-state index >= 15 is 0 Å². The van der Waals surface area contributed by atoms with Crippen molar-refractivity contribution in [1.29, 1.82) is 0 Å². The summed E-state index contributed by atoms with van der Waals surface area (Å²) >= 11 is 0. The Labute approximate surface area is 201 Å². The van der Waals surface area contributed by atoms with Gasteiger partial charge in [-0.1, -0.05) is 0 Å². The van der Waals surface area contributed by atoms with Crippen LogP contribution in [0.2, 0.25) is 0 Å². The summed E-state index contributed by atoms with van der Waals surface area (Å²) in [5.41, 5.74) is 0. The van der Waals surface area contributed by atoms with Gasteiger partial charge in [0.2, 0.25) is 11.9 Å². The molecule has 2 fully saturated rings. The highest BCUT2D eigenvalue weighted by Gasteiger charge is 2.22. The number of rotatable bonds is 8. The van der Waals surface area contributed by atoms with Crippen molar-refractivity contribution in [2.24, 2.45) is 4.99 Å². The normalized spacial score (nSPS) is 17.8. The predicted molar refractivity (Wildman–Crippen MR) is 132 cm³/mol. The van der Waals surface area contributed by atoms with Crippen LogP contribution < -0.4 is 15.5 Å². The molecule has 2 saturated heterocycles. The van der Waals surface area contributed by atoms with E-state index in [1.165, 1.54) is 0 Å². The van der Waals surface area contributed by atoms with Crippen LogP contribution in [0.3, 0.4) is 0 Å². The van der Waals surface area contributed by atoms with E-state index in [9.17, 15) is 4.79 Å². The van der Waals surface area contributed by atoms with Gasteiger partial charge >= 0.3 is 0 Å². The van der Waals surface area contributed by atoms with Gasteiger partial charge in [0.25, 0.3) is 0 Å². The first-order valence-electron chi connectivity index (χ1n) is 10.9. The van der Waals surface area contributed by atoms with E-state index in [1.807, 2.05) is 17.9 Å². The standard InChI is InChI=1S/C20H34N8O2.HI/c1-2-21-19(23-8-9-26-14-16-30-17-15-26)22-7-4-18(29)27-10-12-28(13-11-27)20-24-5-3-6-25-20;/h3,5-6H,2,4,7-17H2,1H3,(H2,21,22,23);1H. The molecule has 1 aromatic rings. The van der Waals surface area contributed by atoms with Gasteiger partial charge in [0, 0.05) is 77.7 Å². The van der Waals surface area contributed by atoms with E-state index < -0.39 is 0 Å². The van der Waals surface area contributed by atoms with E-state index in [4.69, 9.17) is 4.74 Å². The Balaban J connectivity index is 0.00000341. The molecule has 11 heteroatoms. The van der Waals surface area contributed by atoms with Crippen LogP contribution in [0, 0.1) is 0 Å². The lowest BCUT2D eigenvalue weighted by Gasteiger charge is -2.34. The number of piperazine rings is 1. The minimum absolute atomic E-state index is 0. The molecule has 0 spiro atoms. The van der Waals surface area contributed by atoms with Gasteiger partial charge in [0.15, 0.2) is 5.96 Å². The molecule has 2 aliphatic rings. The molecule has 1 amide bonds. The highest BCUT2D eigenvalue weighted by atomic mass is 127. The lowest BCUT2D eigenvalue weighted by atomic mass is 10.3. The number of aliphatic imine (C=N–C) groups is 1. The average molecular weight is 546 g/mol. The van der Waals surface area contributed by atoms with Gasteiger partial charge in [-0.15, -0.1) is 24.0 Å². The SMILES string of the molecule is CCNC(=NCCN1CCOCC1)NCCC(=O)N1CCN(c2ncccn2)CC1.I. The molecule has 2 N–H and O–H groups in total. The number of guanidine groups is 1. The summed E-state index contributed by atoms with van der Waals surface area (Å²) in [6.45, 7) is 11.5. The molecule has 0 bridgehead atoms. The molecular weight excluding hydrogens is 511 g/mol. The number of carbonyl (C=O) groups excluding carboxylic acids is 1. The number of nitrogens with one attached hydrogen (secondary N) is 2. The Hall–Kier alpha value is -1.73. The number of amides is 1. The molecule has 0 aliphatic carbocycles. The molecule has 0 radical (unpaired) electrons. The summed E-state index contributed by atoms with van der Waals surface area (Å²) in [5, 5.41) is 6.53. The number of carbonyl (C=O) groups is 1. The van der Waals surface area contributed by atoms with Gasteiger partial charge in [0.05, 0.1) is 19.8 Å². The van der Waals surface area contributed by atoms with E-state index in [0.717, 1.165) is 70.9 Å². The smallest absolute Gasteiger partial charge is 0.225 e. The van der Waals surface area contributed by atoms with Gasteiger partial charge in [-0.05, 0) is 13.0 Å². The second-order valence-corrected chi connectivity index (χ2v) is 7.31. The summed E-state index contributed by atoms with van der Waals surface area (Å²) in [6, 6.07) is 1.81. The molecule has 0 saturated carbocycles. The van der Waals surface area contributed by atoms with Gasteiger partial charge in [-0.3, -0.25) is 14.7 Å². The lowest BCUT2D eigenvalue weighted by molar-refractivity contribution is -0.131. The quantitative estimate of drug-likeness (QED) is 0.268. The maximum Gasteiger partial charge on any atom is 0.225 e. The fraction of sp³-hybridized carbons (Fsp3) is 0.700. The molecule has 31 heavy (non-hydrogen) atoms. The third-order valence-electron chi connectivity index (χ3n) is 5.23. The molecule has 1 aromatic heterocycles. The van der Waals surface area contributed by atoms with Crippen LogP contribution in [-0.4, -0.2) is 110 Å². The molecule has 174 valence electrons. The summed E-state index contributed by atoms with van der Waals surface area (Å²) in [6.07, 6.45) is 3.95. The second-order valence-electron chi connectivity index (χ2n) is 7.31. The first-order valence-corrected chi connectivity index (χ1v) is 10.9. The van der Waals surface area contributed by atoms with Crippen molar-refractivity contribution in [3.8, 4) is 0 Å². The van der Waals surface area contributed by atoms with E-state index in [1.54, 1.807) is 12.4 Å². The molecule has 2 aliphatic heterocycles. The minimum Gasteiger partial charge on any atom is -0.379 e. The fourth-order valence-electron chi connectivity index (χ4n) is 3.53. The Morgan fingerprint density at radius 3 is 2.48 bits per heavy atom. The Kier molecular flexibility index (Phi) is 11.8. The van der Waals surface area contributed by atoms with Crippen LogP contribution in [0.4, 0.5) is 5.95 Å². The number of anilines is 1. The van der Waals surface area contributed by atoms with Crippen molar-refractivity contribution in [3.05, 3.63) is 18.5 Å². The van der Waals surface area contributed by atoms with Crippen LogP contribution >= 0.6 is 24.0 Å². The highest BCUT2D eigenvalue weighted by Crippen LogP contribution is 2.10. The van der Waals surface area contributed by atoms with Crippen LogP contribution in [0.1, 0.15) is 13.3 Å². The highest BCUT2D eigenvalue weighted by molar-refractivity contribution is 14.0. The maximum absolute atomic E-state index is 12.6. The third kappa shape index (κ3) is 8.73. The first kappa shape index (κ1) is 25.5. The first-order chi connectivity index (χ1) is 14.8. The molecule has 3 rings (SSSR count). The Morgan fingerprint density at radius 2 is 1.81 bits per heavy atom. The number of ether oxygens (including phenoxy) is 1. The zero-order chi connectivity index (χ0) is 21.0. The molecule has 10 nitrogen and oxygen atoms in total. The van der Waals surface area contributed by atoms with Crippen LogP contribution in [0.5, 0.6) is 0 Å². The fourth-order valence-corrected chi connectivity index (χ4v) is 3.53. The van der Waals surface area contributed by atoms with E-state index in [-0.39, 0.29) is 29.9 Å². The molecule has 0 aromatic carbocycles. The topological polar surface area (TPSA) is 98.2 Å². The monoisotopic (exact) mass is 546 g/mol. The molecule has 0 unspecified atom stereocenters. The van der Waals surface area contributed by atoms with Crippen molar-refractivity contribution >= 4 is 41.8 Å². The number of halogens is 1. The Morgan fingerprint density at radius 1 is 1.10 bits per heavy atom. The minimum atomic E-state index is 0. The lowest BCUT2D eigenvalue weighted by Crippen LogP contribution is -2.50. The average Bonchev–Trinajstić information content (AvgIpc) is 2.80. The van der Waals surface area contributed by atoms with Crippen LogP contribution in [0.15, 0.2) is 23.5 Å². The number of nitrogens with zero attached hydrogens (tertiary/aromatic N) is 6. The van der Waals surface area contributed by atoms with Gasteiger partial charge in [-0.25, -0.2) is 9.97 Å². The summed E-state index contributed by atoms with van der Waals surface area (Å²) < 4.78 is 5.37. The second kappa shape index (κ2) is 14.4. The maximum atomic E-state index is 12.6. The summed E-state index contributed by atoms with van der Waals surface area (Å²) in [7, 11) is 0. The van der Waals surface area contributed by atoms with Crippen molar-refractivity contribution < 1.29 is 9.53 Å². The number of hydrogen-bond acceptors (Lipinski definition) is 7. The predicted octanol–water partition coefficient (Wildman–Crippen LogP) is 0.0206. The molecule has 0 atom stereocenters. The van der Waals surface area contributed by atoms with Crippen molar-refractivity contribution in [3.63, 3.8) is 0 Å². The zero-order valence-electron chi connectivity index (χ0n) is 18.3. The van der Waals surface area contributed by atoms with Crippen LogP contribution in [-0.2, 0) is 9.53 Å². The van der Waals surface area contributed by atoms with Gasteiger partial charge < -0.3 is 25.2 Å². The van der Waals surface area contributed by atoms with E-state index in [0.29, 0.717) is 26.1 Å². The molecule has 3 heterocycles. The zero-order valence-corrected chi connectivity index (χ0v) is 20.7. The van der Waals surface area contributed by atoms with Crippen molar-refractivity contribution in [2.45, 2.75) is 13.3 Å². The summed E-state index contributed by atoms with van der Waals surface area (Å²) in [4.78, 5) is 32.2. The molecular formula is C20H35IN8O2. The van der Waals surface area contributed by atoms with Crippen molar-refractivity contribution in [1.82, 2.24) is 30.4 Å². The van der Waals surface area contributed by atoms with E-state index in [2.05, 4.69) is 35.4 Å². The third-order valence-corrected chi connectivity index (χ3v) is 5.23. The van der Waals surface area contributed by atoms with Gasteiger partial charge in [-0.2, -0.15) is 0 Å². The van der Waals surface area contributed by atoms with Crippen molar-refractivity contribution in [2.75, 3.05) is 83.6 Å². The summed E-state index contributed by atoms with van der Waals surface area (Å²) in [5.74, 6) is 1.67. The largest absolute Gasteiger partial charge is 0.379 e. The van der Waals surface area contributed by atoms with Gasteiger partial charge in [0.1, 0.15) is 0 Å². The number of aromatic nitrogens is 2. The van der Waals surface area contributed by atoms with Crippen LogP contribution in [0.25, 0.3) is 0 Å². The number of morpholine rings is 1. The Bertz CT molecular complexity index is 664. The number of hydrogen-bond donors (Lipinski definition) is 2.